The summed E-state index contributed by atoms with van der Waals surface area (Å²) in [7, 11) is -3.77. The fraction of sp³-hybridized carbons (Fsp3) is 0.0500. The van der Waals surface area contributed by atoms with E-state index in [2.05, 4.69) is 26.2 Å². The number of nitrogens with zero attached hydrogens (tertiary/aromatic N) is 1. The van der Waals surface area contributed by atoms with Gasteiger partial charge in [0.2, 0.25) is 9.84 Å². The molecule has 0 fully saturated rings. The molecule has 0 saturated carbocycles. The predicted molar refractivity (Wildman–Crippen MR) is 108 cm³/mol. The number of carbonyl (C=O) groups is 2. The number of sulfone groups is 1. The van der Waals surface area contributed by atoms with Gasteiger partial charge in [0.05, 0.1) is 10.5 Å². The first kappa shape index (κ1) is 19.9. The zero-order valence-corrected chi connectivity index (χ0v) is 17.1. The average Bonchev–Trinajstić information content (AvgIpc) is 2.69. The van der Waals surface area contributed by atoms with Crippen LogP contribution in [0.4, 0.5) is 5.69 Å². The second kappa shape index (κ2) is 8.04. The lowest BCUT2D eigenvalue weighted by atomic mass is 10.1. The van der Waals surface area contributed by atoms with E-state index < -0.39 is 15.7 Å². The molecule has 1 N–H and O–H groups in total. The fourth-order valence-electron chi connectivity index (χ4n) is 2.40. The summed E-state index contributed by atoms with van der Waals surface area (Å²) in [6.07, 6.45) is 1.21. The molecule has 3 rings (SSSR count). The van der Waals surface area contributed by atoms with Crippen LogP contribution in [0, 0.1) is 0 Å². The maximum absolute atomic E-state index is 12.6. The fourth-order valence-corrected chi connectivity index (χ4v) is 3.84. The smallest absolute Gasteiger partial charge is 0.257 e. The number of pyridine rings is 1. The highest BCUT2D eigenvalue weighted by molar-refractivity contribution is 9.10. The highest BCUT2D eigenvalue weighted by atomic mass is 79.9. The number of nitrogens with one attached hydrogen (secondary N) is 1. The molecule has 6 nitrogen and oxygen atoms in total. The van der Waals surface area contributed by atoms with E-state index in [1.165, 1.54) is 37.4 Å². The van der Waals surface area contributed by atoms with Gasteiger partial charge in [0, 0.05) is 21.9 Å². The minimum absolute atomic E-state index is 0.0651. The molecule has 1 aromatic heterocycles. The van der Waals surface area contributed by atoms with E-state index in [1.54, 1.807) is 36.4 Å². The van der Waals surface area contributed by atoms with Gasteiger partial charge in [-0.1, -0.05) is 15.9 Å². The van der Waals surface area contributed by atoms with Crippen molar-refractivity contribution in [2.24, 2.45) is 0 Å². The molecule has 0 aliphatic carbocycles. The van der Waals surface area contributed by atoms with Crippen molar-refractivity contribution in [3.8, 4) is 0 Å². The standard InChI is InChI=1S/C20H15BrN2O4S/c1-13(24)14-2-7-17(8-3-14)23-20(25)15-4-11-19(22-12-15)28(26,27)18-9-5-16(21)6-10-18/h2-12H,1H3,(H,23,25). The first-order chi connectivity index (χ1) is 13.3. The second-order valence-electron chi connectivity index (χ2n) is 5.93. The molecular weight excluding hydrogens is 444 g/mol. The number of hydrogen-bond donors (Lipinski definition) is 1. The molecule has 0 bridgehead atoms. The number of amides is 1. The van der Waals surface area contributed by atoms with Gasteiger partial charge in [0.25, 0.3) is 5.91 Å². The van der Waals surface area contributed by atoms with Crippen LogP contribution in [-0.2, 0) is 9.84 Å². The Morgan fingerprint density at radius 1 is 0.893 bits per heavy atom. The first-order valence-electron chi connectivity index (χ1n) is 8.16. The molecule has 142 valence electrons. The normalized spacial score (nSPS) is 11.1. The SMILES string of the molecule is CC(=O)c1ccc(NC(=O)c2ccc(S(=O)(=O)c3ccc(Br)cc3)nc2)cc1. The van der Waals surface area contributed by atoms with Crippen LogP contribution in [0.15, 0.2) is 81.3 Å². The maximum atomic E-state index is 12.6. The van der Waals surface area contributed by atoms with Gasteiger partial charge in [-0.2, -0.15) is 0 Å². The van der Waals surface area contributed by atoms with Crippen molar-refractivity contribution < 1.29 is 18.0 Å². The van der Waals surface area contributed by atoms with Gasteiger partial charge in [-0.05, 0) is 67.6 Å². The van der Waals surface area contributed by atoms with Gasteiger partial charge < -0.3 is 5.32 Å². The third-order valence-corrected chi connectivity index (χ3v) is 6.16. The lowest BCUT2D eigenvalue weighted by Gasteiger charge is -2.07. The van der Waals surface area contributed by atoms with Crippen LogP contribution in [0.3, 0.4) is 0 Å². The molecular formula is C20H15BrN2O4S. The quantitative estimate of drug-likeness (QED) is 0.580. The van der Waals surface area contributed by atoms with Crippen LogP contribution in [0.5, 0.6) is 0 Å². The van der Waals surface area contributed by atoms with Gasteiger partial charge in [-0.15, -0.1) is 0 Å². The monoisotopic (exact) mass is 458 g/mol. The number of Topliss-reactive ketones (excluding diaryl/α,β-unsaturated/α-hetero) is 1. The summed E-state index contributed by atoms with van der Waals surface area (Å²) in [5.41, 5.74) is 1.27. The summed E-state index contributed by atoms with van der Waals surface area (Å²) in [6.45, 7) is 1.46. The van der Waals surface area contributed by atoms with Crippen LogP contribution in [0.2, 0.25) is 0 Å². The molecule has 0 radical (unpaired) electrons. The molecule has 2 aromatic carbocycles. The molecule has 3 aromatic rings. The van der Waals surface area contributed by atoms with Crippen molar-refractivity contribution in [2.45, 2.75) is 16.8 Å². The minimum Gasteiger partial charge on any atom is -0.322 e. The van der Waals surface area contributed by atoms with Gasteiger partial charge in [-0.3, -0.25) is 9.59 Å². The van der Waals surface area contributed by atoms with Crippen molar-refractivity contribution in [2.75, 3.05) is 5.32 Å². The minimum atomic E-state index is -3.77. The number of benzene rings is 2. The molecule has 8 heteroatoms. The summed E-state index contributed by atoms with van der Waals surface area (Å²) in [6, 6.07) is 15.4. The van der Waals surface area contributed by atoms with Gasteiger partial charge >= 0.3 is 0 Å². The molecule has 0 spiro atoms. The van der Waals surface area contributed by atoms with Gasteiger partial charge in [-0.25, -0.2) is 13.4 Å². The van der Waals surface area contributed by atoms with Crippen LogP contribution in [0.25, 0.3) is 0 Å². The molecule has 0 aliphatic rings. The van der Waals surface area contributed by atoms with Gasteiger partial charge in [0.1, 0.15) is 0 Å². The third kappa shape index (κ3) is 4.35. The van der Waals surface area contributed by atoms with Crippen molar-refractivity contribution in [3.05, 3.63) is 82.5 Å². The third-order valence-electron chi connectivity index (χ3n) is 3.95. The number of ketones is 1. The van der Waals surface area contributed by atoms with E-state index in [4.69, 9.17) is 0 Å². The highest BCUT2D eigenvalue weighted by Crippen LogP contribution is 2.21. The summed E-state index contributed by atoms with van der Waals surface area (Å²) in [4.78, 5) is 27.7. The Bertz CT molecular complexity index is 1120. The van der Waals surface area contributed by atoms with Crippen LogP contribution >= 0.6 is 15.9 Å². The Morgan fingerprint density at radius 3 is 2.04 bits per heavy atom. The summed E-state index contributed by atoms with van der Waals surface area (Å²) >= 11 is 3.26. The summed E-state index contributed by atoms with van der Waals surface area (Å²) in [5.74, 6) is -0.500. The maximum Gasteiger partial charge on any atom is 0.257 e. The molecule has 1 amide bonds. The summed E-state index contributed by atoms with van der Waals surface area (Å²) < 4.78 is 26.0. The molecule has 0 atom stereocenters. The topological polar surface area (TPSA) is 93.2 Å². The Hall–Kier alpha value is -2.84. The zero-order valence-electron chi connectivity index (χ0n) is 14.7. The second-order valence-corrected chi connectivity index (χ2v) is 8.74. The van der Waals surface area contributed by atoms with Crippen molar-refractivity contribution in [3.63, 3.8) is 0 Å². The van der Waals surface area contributed by atoms with Crippen LogP contribution in [0.1, 0.15) is 27.6 Å². The molecule has 0 unspecified atom stereocenters. The Balaban J connectivity index is 1.77. The van der Waals surface area contributed by atoms with Gasteiger partial charge in [0.15, 0.2) is 10.8 Å². The highest BCUT2D eigenvalue weighted by Gasteiger charge is 2.19. The van der Waals surface area contributed by atoms with Crippen molar-refractivity contribution >= 4 is 43.1 Å². The van der Waals surface area contributed by atoms with E-state index in [1.807, 2.05) is 0 Å². The lowest BCUT2D eigenvalue weighted by Crippen LogP contribution is -2.13. The number of rotatable bonds is 5. The number of halogens is 1. The molecule has 28 heavy (non-hydrogen) atoms. The number of anilines is 1. The van der Waals surface area contributed by atoms with Crippen molar-refractivity contribution in [1.29, 1.82) is 0 Å². The van der Waals surface area contributed by atoms with E-state index in [0.717, 1.165) is 4.47 Å². The molecule has 0 saturated heterocycles. The van der Waals surface area contributed by atoms with Crippen LogP contribution in [-0.4, -0.2) is 25.1 Å². The van der Waals surface area contributed by atoms with E-state index in [-0.39, 0.29) is 21.3 Å². The molecule has 1 heterocycles. The van der Waals surface area contributed by atoms with Crippen LogP contribution < -0.4 is 5.32 Å². The van der Waals surface area contributed by atoms with E-state index in [0.29, 0.717) is 11.3 Å². The zero-order chi connectivity index (χ0) is 20.3. The van der Waals surface area contributed by atoms with Crippen molar-refractivity contribution in [1.82, 2.24) is 4.98 Å². The van der Waals surface area contributed by atoms with E-state index in [9.17, 15) is 18.0 Å². The number of hydrogen-bond acceptors (Lipinski definition) is 5. The molecule has 0 aliphatic heterocycles. The predicted octanol–water partition coefficient (Wildman–Crippen LogP) is 4.13. The largest absolute Gasteiger partial charge is 0.322 e. The average molecular weight is 459 g/mol. The Morgan fingerprint density at radius 2 is 1.50 bits per heavy atom. The number of carbonyl (C=O) groups excluding carboxylic acids is 2. The Kier molecular flexibility index (Phi) is 5.71. The summed E-state index contributed by atoms with van der Waals surface area (Å²) in [5, 5.41) is 2.53. The van der Waals surface area contributed by atoms with E-state index >= 15 is 0 Å². The Labute approximate surface area is 170 Å². The number of aromatic nitrogens is 1. The lowest BCUT2D eigenvalue weighted by molar-refractivity contribution is 0.101. The first-order valence-corrected chi connectivity index (χ1v) is 10.4.